The molecule has 124 valence electrons. The maximum absolute atomic E-state index is 11.9. The molecule has 5 heteroatoms. The van der Waals surface area contributed by atoms with Gasteiger partial charge in [-0.15, -0.1) is 0 Å². The number of rotatable bonds is 2. The minimum Gasteiger partial charge on any atom is -0.328 e. The van der Waals surface area contributed by atoms with E-state index < -0.39 is 0 Å². The summed E-state index contributed by atoms with van der Waals surface area (Å²) >= 11 is 4.99. The van der Waals surface area contributed by atoms with Crippen LogP contribution in [0.1, 0.15) is 17.0 Å². The summed E-state index contributed by atoms with van der Waals surface area (Å²) in [5.74, 6) is -0.194. The maximum Gasteiger partial charge on any atom is 0.273 e. The fourth-order valence-corrected chi connectivity index (χ4v) is 3.55. The summed E-state index contributed by atoms with van der Waals surface area (Å²) in [5.41, 5.74) is 4.79. The molecule has 0 spiro atoms. The second-order valence-electron chi connectivity index (χ2n) is 6.13. The smallest absolute Gasteiger partial charge is 0.273 e. The van der Waals surface area contributed by atoms with Gasteiger partial charge in [-0.2, -0.15) is 0 Å². The summed E-state index contributed by atoms with van der Waals surface area (Å²) in [6, 6.07) is 16.7. The van der Waals surface area contributed by atoms with Crippen molar-refractivity contribution in [2.45, 2.75) is 13.8 Å². The number of amides is 1. The molecule has 4 rings (SSSR count). The third kappa shape index (κ3) is 2.62. The van der Waals surface area contributed by atoms with Crippen LogP contribution in [0.4, 0.5) is 0 Å². The van der Waals surface area contributed by atoms with Gasteiger partial charge in [0, 0.05) is 16.8 Å². The van der Waals surface area contributed by atoms with Gasteiger partial charge >= 0.3 is 0 Å². The molecule has 0 bridgehead atoms. The number of carbonyl (C=O) groups is 1. The lowest BCUT2D eigenvalue weighted by molar-refractivity contribution is -0.115. The van der Waals surface area contributed by atoms with Gasteiger partial charge in [0.1, 0.15) is 5.70 Å². The summed E-state index contributed by atoms with van der Waals surface area (Å²) in [6.45, 7) is 4.13. The lowest BCUT2D eigenvalue weighted by atomic mass is 10.1. The molecule has 0 radical (unpaired) electrons. The Morgan fingerprint density at radius 3 is 2.56 bits per heavy atom. The van der Waals surface area contributed by atoms with Crippen molar-refractivity contribution in [3.8, 4) is 5.69 Å². The Bertz CT molecular complexity index is 1060. The second kappa shape index (κ2) is 5.86. The van der Waals surface area contributed by atoms with Crippen LogP contribution in [0, 0.1) is 13.8 Å². The molecule has 0 unspecified atom stereocenters. The summed E-state index contributed by atoms with van der Waals surface area (Å²) < 4.78 is 2.22. The molecule has 1 fully saturated rings. The van der Waals surface area contributed by atoms with Gasteiger partial charge in [-0.25, -0.2) is 0 Å². The molecule has 0 atom stereocenters. The van der Waals surface area contributed by atoms with E-state index in [0.717, 1.165) is 22.6 Å². The number of nitrogens with zero attached hydrogens (tertiary/aromatic N) is 1. The average molecular weight is 347 g/mol. The first-order chi connectivity index (χ1) is 12.0. The van der Waals surface area contributed by atoms with Gasteiger partial charge in [0.05, 0.1) is 5.69 Å². The van der Waals surface area contributed by atoms with Crippen molar-refractivity contribution in [1.82, 2.24) is 15.2 Å². The number of carbonyl (C=O) groups excluding carboxylic acids is 1. The van der Waals surface area contributed by atoms with Crippen molar-refractivity contribution in [3.05, 3.63) is 71.2 Å². The van der Waals surface area contributed by atoms with Crippen LogP contribution in [0.15, 0.2) is 54.2 Å². The third-order valence-electron chi connectivity index (χ3n) is 4.50. The van der Waals surface area contributed by atoms with E-state index >= 15 is 0 Å². The van der Waals surface area contributed by atoms with Crippen LogP contribution < -0.4 is 10.6 Å². The Balaban J connectivity index is 1.87. The zero-order chi connectivity index (χ0) is 17.6. The topological polar surface area (TPSA) is 46.1 Å². The molecule has 1 aliphatic heterocycles. The number of nitrogens with one attached hydrogen (secondary N) is 2. The highest BCUT2D eigenvalue weighted by Gasteiger charge is 2.21. The largest absolute Gasteiger partial charge is 0.328 e. The van der Waals surface area contributed by atoms with E-state index in [1.165, 1.54) is 10.8 Å². The summed E-state index contributed by atoms with van der Waals surface area (Å²) in [6.07, 6.45) is 1.85. The fraction of sp³-hybridized carbons (Fsp3) is 0.100. The van der Waals surface area contributed by atoms with Gasteiger partial charge in [-0.3, -0.25) is 10.1 Å². The number of fused-ring (bicyclic) bond motifs is 1. The predicted molar refractivity (Wildman–Crippen MR) is 105 cm³/mol. The van der Waals surface area contributed by atoms with Gasteiger partial charge < -0.3 is 9.88 Å². The normalized spacial score (nSPS) is 15.7. The molecule has 4 nitrogen and oxygen atoms in total. The molecule has 25 heavy (non-hydrogen) atoms. The van der Waals surface area contributed by atoms with Crippen molar-refractivity contribution in [2.24, 2.45) is 0 Å². The van der Waals surface area contributed by atoms with Gasteiger partial charge in [0.25, 0.3) is 5.91 Å². The minimum absolute atomic E-state index is 0.194. The molecule has 0 aliphatic carbocycles. The van der Waals surface area contributed by atoms with E-state index in [1.54, 1.807) is 0 Å². The van der Waals surface area contributed by atoms with Crippen molar-refractivity contribution in [2.75, 3.05) is 0 Å². The molecule has 1 aliphatic rings. The monoisotopic (exact) mass is 347 g/mol. The first-order valence-corrected chi connectivity index (χ1v) is 8.46. The number of benzene rings is 2. The molecule has 1 saturated heterocycles. The van der Waals surface area contributed by atoms with E-state index in [2.05, 4.69) is 71.5 Å². The molecule has 2 aromatic carbocycles. The third-order valence-corrected chi connectivity index (χ3v) is 4.70. The molecular formula is C20H17N3OS. The van der Waals surface area contributed by atoms with Gasteiger partial charge in [-0.05, 0) is 55.2 Å². The van der Waals surface area contributed by atoms with Gasteiger partial charge in [-0.1, -0.05) is 36.4 Å². The highest BCUT2D eigenvalue weighted by atomic mass is 32.1. The standard InChI is InChI=1S/C20H17N3OS/c1-12-10-15(11-17-19(24)22-20(25)21-17)13(2)23(12)18-9-5-7-14-6-3-4-8-16(14)18/h3-11H,1-2H3,(H2,21,22,24,25). The molecule has 3 aromatic rings. The molecule has 1 aromatic heterocycles. The number of hydrogen-bond donors (Lipinski definition) is 2. The maximum atomic E-state index is 11.9. The molecule has 2 N–H and O–H groups in total. The van der Waals surface area contributed by atoms with Crippen LogP contribution in [0.2, 0.25) is 0 Å². The molecule has 1 amide bonds. The number of aryl methyl sites for hydroxylation is 1. The van der Waals surface area contributed by atoms with Crippen molar-refractivity contribution < 1.29 is 4.79 Å². The van der Waals surface area contributed by atoms with E-state index in [9.17, 15) is 4.79 Å². The molecule has 0 saturated carbocycles. The average Bonchev–Trinajstić information content (AvgIpc) is 3.05. The number of aromatic nitrogens is 1. The highest BCUT2D eigenvalue weighted by Crippen LogP contribution is 2.28. The van der Waals surface area contributed by atoms with Crippen molar-refractivity contribution >= 4 is 40.1 Å². The van der Waals surface area contributed by atoms with Crippen LogP contribution in [-0.4, -0.2) is 15.6 Å². The number of thiocarbonyl (C=S) groups is 1. The highest BCUT2D eigenvalue weighted by molar-refractivity contribution is 7.80. The Morgan fingerprint density at radius 1 is 1.04 bits per heavy atom. The van der Waals surface area contributed by atoms with E-state index in [1.807, 2.05) is 12.1 Å². The summed E-state index contributed by atoms with van der Waals surface area (Å²) in [7, 11) is 0. The first-order valence-electron chi connectivity index (χ1n) is 8.06. The Kier molecular flexibility index (Phi) is 3.66. The zero-order valence-corrected chi connectivity index (χ0v) is 14.8. The zero-order valence-electron chi connectivity index (χ0n) is 14.0. The van der Waals surface area contributed by atoms with Gasteiger partial charge in [0.2, 0.25) is 0 Å². The SMILES string of the molecule is Cc1cc(C=C2NC(=S)NC2=O)c(C)n1-c1cccc2ccccc12. The van der Waals surface area contributed by atoms with E-state index in [-0.39, 0.29) is 5.91 Å². The minimum atomic E-state index is -0.194. The Hall–Kier alpha value is -2.92. The van der Waals surface area contributed by atoms with Crippen LogP contribution in [0.3, 0.4) is 0 Å². The van der Waals surface area contributed by atoms with Crippen molar-refractivity contribution in [1.29, 1.82) is 0 Å². The Labute approximate surface area is 151 Å². The van der Waals surface area contributed by atoms with Crippen LogP contribution >= 0.6 is 12.2 Å². The fourth-order valence-electron chi connectivity index (χ4n) is 3.35. The van der Waals surface area contributed by atoms with E-state index in [0.29, 0.717) is 10.8 Å². The van der Waals surface area contributed by atoms with Crippen LogP contribution in [0.5, 0.6) is 0 Å². The second-order valence-corrected chi connectivity index (χ2v) is 6.53. The van der Waals surface area contributed by atoms with Crippen molar-refractivity contribution in [3.63, 3.8) is 0 Å². The first kappa shape index (κ1) is 15.6. The van der Waals surface area contributed by atoms with Gasteiger partial charge in [0.15, 0.2) is 5.11 Å². The summed E-state index contributed by atoms with van der Waals surface area (Å²) in [5, 5.41) is 8.24. The lowest BCUT2D eigenvalue weighted by Crippen LogP contribution is -2.21. The van der Waals surface area contributed by atoms with Crippen LogP contribution in [-0.2, 0) is 4.79 Å². The molecular weight excluding hydrogens is 330 g/mol. The van der Waals surface area contributed by atoms with E-state index in [4.69, 9.17) is 12.2 Å². The summed E-state index contributed by atoms with van der Waals surface area (Å²) in [4.78, 5) is 11.9. The lowest BCUT2D eigenvalue weighted by Gasteiger charge is -2.13. The molecule has 2 heterocycles. The quantitative estimate of drug-likeness (QED) is 0.550. The van der Waals surface area contributed by atoms with Crippen LogP contribution in [0.25, 0.3) is 22.5 Å². The Morgan fingerprint density at radius 2 is 1.80 bits per heavy atom. The predicted octanol–water partition coefficient (Wildman–Crippen LogP) is 3.59. The number of hydrogen-bond acceptors (Lipinski definition) is 2.